The number of ether oxygens (including phenoxy) is 1. The molecule has 2 aromatic carbocycles. The van der Waals surface area contributed by atoms with Gasteiger partial charge in [0.05, 0.1) is 15.6 Å². The summed E-state index contributed by atoms with van der Waals surface area (Å²) in [4.78, 5) is 24.3. The number of hydrogen-bond acceptors (Lipinski definition) is 3. The molecule has 0 unspecified atom stereocenters. The molecule has 0 amide bonds. The lowest BCUT2D eigenvalue weighted by atomic mass is 10.1. The summed E-state index contributed by atoms with van der Waals surface area (Å²) in [6.07, 6.45) is -0.971. The Kier molecular flexibility index (Phi) is 5.46. The van der Waals surface area contributed by atoms with Crippen molar-refractivity contribution in [2.45, 2.75) is 13.0 Å². The first-order valence-corrected chi connectivity index (χ1v) is 7.48. The van der Waals surface area contributed by atoms with Gasteiger partial charge in [-0.1, -0.05) is 40.9 Å². The molecule has 0 saturated heterocycles. The molecule has 0 aliphatic rings. The number of benzene rings is 2. The van der Waals surface area contributed by atoms with Crippen LogP contribution in [0.5, 0.6) is 0 Å². The zero-order chi connectivity index (χ0) is 16.3. The molecule has 0 spiro atoms. The Morgan fingerprint density at radius 1 is 0.955 bits per heavy atom. The van der Waals surface area contributed by atoms with E-state index in [9.17, 15) is 9.59 Å². The van der Waals surface area contributed by atoms with Crippen LogP contribution >= 0.6 is 34.8 Å². The molecule has 114 valence electrons. The van der Waals surface area contributed by atoms with Crippen LogP contribution in [-0.4, -0.2) is 17.9 Å². The normalized spacial score (nSPS) is 11.8. The van der Waals surface area contributed by atoms with E-state index in [0.717, 1.165) is 0 Å². The highest BCUT2D eigenvalue weighted by atomic mass is 35.5. The SMILES string of the molecule is C[C@H](OC(=O)c1c(Cl)cccc1Cl)C(=O)c1ccc(Cl)cc1. The second-order valence-electron chi connectivity index (χ2n) is 4.52. The first-order chi connectivity index (χ1) is 10.4. The summed E-state index contributed by atoms with van der Waals surface area (Å²) in [6, 6.07) is 11.0. The van der Waals surface area contributed by atoms with Gasteiger partial charge in [-0.3, -0.25) is 4.79 Å². The first-order valence-electron chi connectivity index (χ1n) is 6.35. The third-order valence-electron chi connectivity index (χ3n) is 2.95. The Morgan fingerprint density at radius 3 is 2.05 bits per heavy atom. The van der Waals surface area contributed by atoms with Gasteiger partial charge in [0, 0.05) is 10.6 Å². The Bertz CT molecular complexity index is 691. The van der Waals surface area contributed by atoms with E-state index in [2.05, 4.69) is 0 Å². The molecule has 0 aliphatic carbocycles. The van der Waals surface area contributed by atoms with Crippen LogP contribution in [0.15, 0.2) is 42.5 Å². The lowest BCUT2D eigenvalue weighted by Crippen LogP contribution is -2.24. The maximum Gasteiger partial charge on any atom is 0.341 e. The summed E-state index contributed by atoms with van der Waals surface area (Å²) in [5.41, 5.74) is 0.441. The molecule has 1 atom stereocenters. The monoisotopic (exact) mass is 356 g/mol. The van der Waals surface area contributed by atoms with Crippen LogP contribution in [0.3, 0.4) is 0 Å². The molecule has 0 radical (unpaired) electrons. The molecule has 0 aromatic heterocycles. The van der Waals surface area contributed by atoms with Crippen LogP contribution < -0.4 is 0 Å². The Balaban J connectivity index is 2.14. The largest absolute Gasteiger partial charge is 0.451 e. The zero-order valence-corrected chi connectivity index (χ0v) is 13.7. The van der Waals surface area contributed by atoms with Crippen molar-refractivity contribution in [1.82, 2.24) is 0 Å². The zero-order valence-electron chi connectivity index (χ0n) is 11.5. The van der Waals surface area contributed by atoms with Gasteiger partial charge in [-0.05, 0) is 43.3 Å². The van der Waals surface area contributed by atoms with E-state index in [0.29, 0.717) is 10.6 Å². The molecule has 0 bridgehead atoms. The predicted molar refractivity (Wildman–Crippen MR) is 87.1 cm³/mol. The van der Waals surface area contributed by atoms with Crippen LogP contribution in [0, 0.1) is 0 Å². The van der Waals surface area contributed by atoms with Crippen molar-refractivity contribution >= 4 is 46.6 Å². The van der Waals surface area contributed by atoms with Gasteiger partial charge in [-0.25, -0.2) is 4.79 Å². The van der Waals surface area contributed by atoms with E-state index in [1.54, 1.807) is 30.3 Å². The number of carbonyl (C=O) groups is 2. The molecule has 0 aliphatic heterocycles. The average Bonchev–Trinajstić information content (AvgIpc) is 2.47. The summed E-state index contributed by atoms with van der Waals surface area (Å²) < 4.78 is 5.15. The van der Waals surface area contributed by atoms with Crippen molar-refractivity contribution in [2.75, 3.05) is 0 Å². The Morgan fingerprint density at radius 2 is 1.50 bits per heavy atom. The lowest BCUT2D eigenvalue weighted by Gasteiger charge is -2.13. The van der Waals surface area contributed by atoms with Crippen LogP contribution in [0.4, 0.5) is 0 Å². The molecule has 0 heterocycles. The van der Waals surface area contributed by atoms with Crippen LogP contribution in [0.25, 0.3) is 0 Å². The molecule has 0 saturated carbocycles. The highest BCUT2D eigenvalue weighted by Crippen LogP contribution is 2.25. The van der Waals surface area contributed by atoms with E-state index >= 15 is 0 Å². The highest BCUT2D eigenvalue weighted by molar-refractivity contribution is 6.39. The lowest BCUT2D eigenvalue weighted by molar-refractivity contribution is 0.0319. The average molecular weight is 358 g/mol. The maximum absolute atomic E-state index is 12.2. The van der Waals surface area contributed by atoms with Gasteiger partial charge in [0.25, 0.3) is 0 Å². The van der Waals surface area contributed by atoms with Crippen LogP contribution in [0.2, 0.25) is 15.1 Å². The number of hydrogen-bond donors (Lipinski definition) is 0. The maximum atomic E-state index is 12.2. The minimum atomic E-state index is -0.971. The van der Waals surface area contributed by atoms with Gasteiger partial charge in [0.2, 0.25) is 5.78 Å². The molecular formula is C16H11Cl3O3. The van der Waals surface area contributed by atoms with Crippen LogP contribution in [-0.2, 0) is 4.74 Å². The first kappa shape index (κ1) is 16.8. The molecule has 6 heteroatoms. The van der Waals surface area contributed by atoms with Crippen molar-refractivity contribution in [2.24, 2.45) is 0 Å². The van der Waals surface area contributed by atoms with E-state index in [4.69, 9.17) is 39.5 Å². The number of Topliss-reactive ketones (excluding diaryl/α,β-unsaturated/α-hetero) is 1. The van der Waals surface area contributed by atoms with E-state index in [1.165, 1.54) is 19.1 Å². The van der Waals surface area contributed by atoms with Gasteiger partial charge >= 0.3 is 5.97 Å². The molecular weight excluding hydrogens is 347 g/mol. The van der Waals surface area contributed by atoms with E-state index < -0.39 is 12.1 Å². The fourth-order valence-electron chi connectivity index (χ4n) is 1.81. The molecule has 3 nitrogen and oxygen atoms in total. The molecule has 0 fully saturated rings. The van der Waals surface area contributed by atoms with Crippen molar-refractivity contribution in [1.29, 1.82) is 0 Å². The second kappa shape index (κ2) is 7.14. The number of ketones is 1. The van der Waals surface area contributed by atoms with Gasteiger partial charge in [0.15, 0.2) is 6.10 Å². The van der Waals surface area contributed by atoms with Crippen molar-refractivity contribution in [3.63, 3.8) is 0 Å². The standard InChI is InChI=1S/C16H11Cl3O3/c1-9(15(20)10-5-7-11(17)8-6-10)22-16(21)14-12(18)3-2-4-13(14)19/h2-9H,1H3/t9-/m0/s1. The van der Waals surface area contributed by atoms with Gasteiger partial charge in [0.1, 0.15) is 0 Å². The smallest absolute Gasteiger partial charge is 0.341 e. The second-order valence-corrected chi connectivity index (χ2v) is 5.77. The minimum Gasteiger partial charge on any atom is -0.451 e. The number of esters is 1. The summed E-state index contributed by atoms with van der Waals surface area (Å²) >= 11 is 17.6. The third kappa shape index (κ3) is 3.80. The molecule has 0 N–H and O–H groups in total. The summed E-state index contributed by atoms with van der Waals surface area (Å²) in [6.45, 7) is 1.49. The minimum absolute atomic E-state index is 0.0431. The Hall–Kier alpha value is -1.55. The van der Waals surface area contributed by atoms with E-state index in [-0.39, 0.29) is 21.4 Å². The van der Waals surface area contributed by atoms with Gasteiger partial charge in [-0.2, -0.15) is 0 Å². The Labute approximate surface area is 142 Å². The van der Waals surface area contributed by atoms with Crippen LogP contribution in [0.1, 0.15) is 27.6 Å². The number of halogens is 3. The van der Waals surface area contributed by atoms with E-state index in [1.807, 2.05) is 0 Å². The molecule has 22 heavy (non-hydrogen) atoms. The van der Waals surface area contributed by atoms with Crippen molar-refractivity contribution in [3.8, 4) is 0 Å². The number of carbonyl (C=O) groups excluding carboxylic acids is 2. The highest BCUT2D eigenvalue weighted by Gasteiger charge is 2.23. The molecule has 2 rings (SSSR count). The molecule has 2 aromatic rings. The summed E-state index contributed by atoms with van der Waals surface area (Å²) in [7, 11) is 0. The topological polar surface area (TPSA) is 43.4 Å². The van der Waals surface area contributed by atoms with Gasteiger partial charge < -0.3 is 4.74 Å². The fraction of sp³-hybridized carbons (Fsp3) is 0.125. The fourth-order valence-corrected chi connectivity index (χ4v) is 2.49. The van der Waals surface area contributed by atoms with Gasteiger partial charge in [-0.15, -0.1) is 0 Å². The summed E-state index contributed by atoms with van der Waals surface area (Å²) in [5, 5.41) is 0.858. The third-order valence-corrected chi connectivity index (χ3v) is 3.83. The van der Waals surface area contributed by atoms with Crippen molar-refractivity contribution in [3.05, 3.63) is 68.7 Å². The predicted octanol–water partition coefficient (Wildman–Crippen LogP) is 5.08. The summed E-state index contributed by atoms with van der Waals surface area (Å²) in [5.74, 6) is -1.08. The quantitative estimate of drug-likeness (QED) is 0.566. The van der Waals surface area contributed by atoms with Crippen molar-refractivity contribution < 1.29 is 14.3 Å². The number of rotatable bonds is 4.